The molecule has 2 aromatic rings. The lowest BCUT2D eigenvalue weighted by molar-refractivity contribution is 0.102. The van der Waals surface area contributed by atoms with Crippen LogP contribution in [-0.4, -0.2) is 27.2 Å². The van der Waals surface area contributed by atoms with Crippen LogP contribution in [0.15, 0.2) is 41.3 Å². The first kappa shape index (κ1) is 18.2. The fraction of sp³-hybridized carbons (Fsp3) is 0.188. The van der Waals surface area contributed by atoms with E-state index in [0.29, 0.717) is 6.61 Å². The van der Waals surface area contributed by atoms with E-state index in [9.17, 15) is 17.6 Å². The number of nitrogens with one attached hydrogen (secondary N) is 1. The first-order valence-electron chi connectivity index (χ1n) is 6.95. The fourth-order valence-corrected chi connectivity index (χ4v) is 3.30. The van der Waals surface area contributed by atoms with Crippen LogP contribution in [0, 0.1) is 5.82 Å². The number of hydrogen-bond acceptors (Lipinski definition) is 4. The second-order valence-electron chi connectivity index (χ2n) is 4.94. The van der Waals surface area contributed by atoms with Crippen molar-refractivity contribution in [1.82, 2.24) is 0 Å². The van der Waals surface area contributed by atoms with Crippen molar-refractivity contribution < 1.29 is 22.3 Å². The van der Waals surface area contributed by atoms with Crippen LogP contribution in [0.5, 0.6) is 5.75 Å². The molecule has 0 aromatic heterocycles. The van der Waals surface area contributed by atoms with Crippen LogP contribution in [0.25, 0.3) is 0 Å². The van der Waals surface area contributed by atoms with Crippen molar-refractivity contribution in [3.05, 3.63) is 52.8 Å². The lowest BCUT2D eigenvalue weighted by Gasteiger charge is -2.12. The lowest BCUT2D eigenvalue weighted by Crippen LogP contribution is -2.14. The Morgan fingerprint density at radius 1 is 1.25 bits per heavy atom. The zero-order chi connectivity index (χ0) is 17.9. The van der Waals surface area contributed by atoms with Crippen LogP contribution in [-0.2, 0) is 9.84 Å². The van der Waals surface area contributed by atoms with Crippen LogP contribution < -0.4 is 10.1 Å². The van der Waals surface area contributed by atoms with Gasteiger partial charge in [-0.1, -0.05) is 11.6 Å². The first-order valence-corrected chi connectivity index (χ1v) is 9.22. The molecule has 2 aromatic carbocycles. The second-order valence-corrected chi connectivity index (χ2v) is 7.34. The number of rotatable bonds is 5. The van der Waals surface area contributed by atoms with E-state index in [1.165, 1.54) is 30.3 Å². The Bertz CT molecular complexity index is 884. The minimum absolute atomic E-state index is 0.0332. The highest BCUT2D eigenvalue weighted by Gasteiger charge is 2.17. The van der Waals surface area contributed by atoms with Crippen LogP contribution in [0.4, 0.5) is 10.1 Å². The van der Waals surface area contributed by atoms with E-state index in [1.807, 2.05) is 0 Å². The fourth-order valence-electron chi connectivity index (χ4n) is 2.00. The van der Waals surface area contributed by atoms with E-state index < -0.39 is 21.6 Å². The maximum absolute atomic E-state index is 13.3. The highest BCUT2D eigenvalue weighted by atomic mass is 35.5. The summed E-state index contributed by atoms with van der Waals surface area (Å²) in [6, 6.07) is 7.63. The van der Waals surface area contributed by atoms with E-state index in [4.69, 9.17) is 16.3 Å². The highest BCUT2D eigenvalue weighted by Crippen LogP contribution is 2.27. The van der Waals surface area contributed by atoms with Crippen molar-refractivity contribution in [2.45, 2.75) is 11.8 Å². The number of halogens is 2. The van der Waals surface area contributed by atoms with Gasteiger partial charge in [-0.15, -0.1) is 0 Å². The third-order valence-corrected chi connectivity index (χ3v) is 4.66. The number of benzene rings is 2. The third kappa shape index (κ3) is 4.24. The van der Waals surface area contributed by atoms with Crippen molar-refractivity contribution in [1.29, 1.82) is 0 Å². The van der Waals surface area contributed by atoms with Crippen LogP contribution in [0.1, 0.15) is 17.3 Å². The quantitative estimate of drug-likeness (QED) is 0.872. The molecule has 0 fully saturated rings. The van der Waals surface area contributed by atoms with Gasteiger partial charge in [-0.05, 0) is 37.3 Å². The molecule has 0 bridgehead atoms. The van der Waals surface area contributed by atoms with Gasteiger partial charge in [0.25, 0.3) is 5.91 Å². The Balaban J connectivity index is 2.34. The average Bonchev–Trinajstić information content (AvgIpc) is 2.49. The van der Waals surface area contributed by atoms with Gasteiger partial charge in [-0.25, -0.2) is 12.8 Å². The molecular formula is C16H15ClFNO4S. The Morgan fingerprint density at radius 2 is 1.96 bits per heavy atom. The summed E-state index contributed by atoms with van der Waals surface area (Å²) < 4.78 is 41.9. The SMILES string of the molecule is CCOc1cc(F)ccc1NC(=O)c1ccc(Cl)c(S(C)(=O)=O)c1. The Hall–Kier alpha value is -2.12. The predicted octanol–water partition coefficient (Wildman–Crippen LogP) is 3.53. The van der Waals surface area contributed by atoms with Crippen molar-refractivity contribution in [3.8, 4) is 5.75 Å². The molecule has 128 valence electrons. The molecule has 0 aliphatic rings. The van der Waals surface area contributed by atoms with Crippen LogP contribution in [0.2, 0.25) is 5.02 Å². The van der Waals surface area contributed by atoms with Gasteiger partial charge in [0.2, 0.25) is 0 Å². The maximum atomic E-state index is 13.3. The standard InChI is InChI=1S/C16H15ClFNO4S/c1-3-23-14-9-11(18)5-7-13(14)19-16(20)10-4-6-12(17)15(8-10)24(2,21)22/h4-9H,3H2,1-2H3,(H,19,20). The molecule has 24 heavy (non-hydrogen) atoms. The Kier molecular flexibility index (Phi) is 5.46. The molecule has 8 heteroatoms. The van der Waals surface area contributed by atoms with Gasteiger partial charge in [0, 0.05) is 17.9 Å². The maximum Gasteiger partial charge on any atom is 0.255 e. The number of hydrogen-bond donors (Lipinski definition) is 1. The van der Waals surface area contributed by atoms with Gasteiger partial charge in [-0.2, -0.15) is 0 Å². The monoisotopic (exact) mass is 371 g/mol. The van der Waals surface area contributed by atoms with E-state index >= 15 is 0 Å². The molecular weight excluding hydrogens is 357 g/mol. The minimum atomic E-state index is -3.57. The van der Waals surface area contributed by atoms with E-state index in [2.05, 4.69) is 5.32 Å². The van der Waals surface area contributed by atoms with Gasteiger partial charge in [-0.3, -0.25) is 4.79 Å². The van der Waals surface area contributed by atoms with Gasteiger partial charge in [0.15, 0.2) is 9.84 Å². The highest BCUT2D eigenvalue weighted by molar-refractivity contribution is 7.90. The largest absolute Gasteiger partial charge is 0.492 e. The Morgan fingerprint density at radius 3 is 2.58 bits per heavy atom. The molecule has 0 heterocycles. The number of carbonyl (C=O) groups is 1. The summed E-state index contributed by atoms with van der Waals surface area (Å²) in [4.78, 5) is 12.2. The average molecular weight is 372 g/mol. The van der Waals surface area contributed by atoms with E-state index in [1.54, 1.807) is 6.92 Å². The summed E-state index contributed by atoms with van der Waals surface area (Å²) in [6.45, 7) is 2.03. The number of ether oxygens (including phenoxy) is 1. The predicted molar refractivity (Wildman–Crippen MR) is 90.1 cm³/mol. The van der Waals surface area contributed by atoms with Crippen LogP contribution in [0.3, 0.4) is 0 Å². The van der Waals surface area contributed by atoms with Crippen molar-refractivity contribution in [3.63, 3.8) is 0 Å². The molecule has 1 N–H and O–H groups in total. The van der Waals surface area contributed by atoms with Gasteiger partial charge < -0.3 is 10.1 Å². The number of sulfone groups is 1. The molecule has 0 aliphatic carbocycles. The summed E-state index contributed by atoms with van der Waals surface area (Å²) in [7, 11) is -3.57. The van der Waals surface area contributed by atoms with E-state index in [-0.39, 0.29) is 26.9 Å². The Labute approximate surface area is 144 Å². The molecule has 0 unspecified atom stereocenters. The molecule has 5 nitrogen and oxygen atoms in total. The normalized spacial score (nSPS) is 11.2. The molecule has 1 amide bonds. The zero-order valence-corrected chi connectivity index (χ0v) is 14.5. The summed E-state index contributed by atoms with van der Waals surface area (Å²) in [5.74, 6) is -0.880. The summed E-state index contributed by atoms with van der Waals surface area (Å²) >= 11 is 5.86. The van der Waals surface area contributed by atoms with E-state index in [0.717, 1.165) is 12.3 Å². The van der Waals surface area contributed by atoms with Crippen molar-refractivity contribution in [2.75, 3.05) is 18.2 Å². The molecule has 0 aliphatic heterocycles. The number of amides is 1. The molecule has 2 rings (SSSR count). The number of carbonyl (C=O) groups excluding carboxylic acids is 1. The number of anilines is 1. The molecule has 0 saturated carbocycles. The first-order chi connectivity index (χ1) is 11.2. The molecule has 0 atom stereocenters. The third-order valence-electron chi connectivity index (χ3n) is 3.08. The summed E-state index contributed by atoms with van der Waals surface area (Å²) in [5, 5.41) is 2.60. The van der Waals surface area contributed by atoms with Gasteiger partial charge in [0.05, 0.1) is 22.2 Å². The lowest BCUT2D eigenvalue weighted by atomic mass is 10.2. The smallest absolute Gasteiger partial charge is 0.255 e. The van der Waals surface area contributed by atoms with Gasteiger partial charge in [0.1, 0.15) is 11.6 Å². The molecule has 0 radical (unpaired) electrons. The molecule has 0 spiro atoms. The second kappa shape index (κ2) is 7.19. The minimum Gasteiger partial charge on any atom is -0.492 e. The molecule has 0 saturated heterocycles. The zero-order valence-electron chi connectivity index (χ0n) is 13.0. The van der Waals surface area contributed by atoms with Crippen molar-refractivity contribution >= 4 is 33.0 Å². The van der Waals surface area contributed by atoms with Gasteiger partial charge >= 0.3 is 0 Å². The van der Waals surface area contributed by atoms with Crippen LogP contribution >= 0.6 is 11.6 Å². The van der Waals surface area contributed by atoms with Crippen molar-refractivity contribution in [2.24, 2.45) is 0 Å². The summed E-state index contributed by atoms with van der Waals surface area (Å²) in [6.07, 6.45) is 1.00. The topological polar surface area (TPSA) is 72.5 Å². The summed E-state index contributed by atoms with van der Waals surface area (Å²) in [5.41, 5.74) is 0.380.